The van der Waals surface area contributed by atoms with Crippen LogP contribution in [0, 0.1) is 11.8 Å². The van der Waals surface area contributed by atoms with Crippen LogP contribution >= 0.6 is 0 Å². The van der Waals surface area contributed by atoms with E-state index in [0.717, 1.165) is 24.2 Å². The van der Waals surface area contributed by atoms with Crippen LogP contribution in [0.2, 0.25) is 0 Å². The molecule has 2 aliphatic carbocycles. The van der Waals surface area contributed by atoms with Crippen LogP contribution in [-0.4, -0.2) is 21.5 Å². The second-order valence-corrected chi connectivity index (χ2v) is 6.28. The third-order valence-corrected chi connectivity index (χ3v) is 4.64. The third-order valence-electron chi connectivity index (χ3n) is 4.64. The molecule has 1 N–H and O–H groups in total. The van der Waals surface area contributed by atoms with Gasteiger partial charge in [0.05, 0.1) is 18.8 Å². The molecule has 0 spiro atoms. The van der Waals surface area contributed by atoms with Crippen LogP contribution in [0.25, 0.3) is 0 Å². The van der Waals surface area contributed by atoms with E-state index in [2.05, 4.69) is 18.5 Å². The van der Waals surface area contributed by atoms with Crippen LogP contribution in [-0.2, 0) is 19.4 Å². The van der Waals surface area contributed by atoms with Crippen molar-refractivity contribution in [2.75, 3.05) is 6.61 Å². The highest BCUT2D eigenvalue weighted by molar-refractivity contribution is 5.34. The van der Waals surface area contributed by atoms with Gasteiger partial charge in [0.25, 0.3) is 0 Å². The minimum atomic E-state index is 0.199. The molecule has 0 aromatic carbocycles. The summed E-state index contributed by atoms with van der Waals surface area (Å²) in [6.07, 6.45) is 6.31. The minimum Gasteiger partial charge on any atom is -0.394 e. The van der Waals surface area contributed by atoms with Gasteiger partial charge in [0.1, 0.15) is 0 Å². The Morgan fingerprint density at radius 3 is 2.72 bits per heavy atom. The largest absolute Gasteiger partial charge is 0.394 e. The van der Waals surface area contributed by atoms with Gasteiger partial charge in [-0.05, 0) is 49.5 Å². The molecule has 1 atom stereocenters. The molecule has 0 bridgehead atoms. The Kier molecular flexibility index (Phi) is 3.18. The molecule has 1 aromatic heterocycles. The fourth-order valence-electron chi connectivity index (χ4n) is 3.27. The molecule has 0 radical (unpaired) electrons. The predicted octanol–water partition coefficient (Wildman–Crippen LogP) is 2.51. The van der Waals surface area contributed by atoms with Gasteiger partial charge in [0.2, 0.25) is 0 Å². The number of aliphatic hydroxyl groups excluding tert-OH is 1. The van der Waals surface area contributed by atoms with Crippen LogP contribution in [0.5, 0.6) is 0 Å². The van der Waals surface area contributed by atoms with Gasteiger partial charge >= 0.3 is 0 Å². The lowest BCUT2D eigenvalue weighted by Crippen LogP contribution is -2.21. The van der Waals surface area contributed by atoms with Crippen LogP contribution in [0.4, 0.5) is 0 Å². The summed E-state index contributed by atoms with van der Waals surface area (Å²) in [5.74, 6) is 2.27. The van der Waals surface area contributed by atoms with Crippen molar-refractivity contribution >= 4 is 0 Å². The standard InChI is InChI=1S/C15H24N2O/c1-10(2)12-5-6-13-14(9-12)17(7-8-18)16-15(13)11-3-4-11/h10-12,18H,3-9H2,1-2H3. The molecular formula is C15H24N2O. The second-order valence-electron chi connectivity index (χ2n) is 6.28. The smallest absolute Gasteiger partial charge is 0.0690 e. The quantitative estimate of drug-likeness (QED) is 0.889. The summed E-state index contributed by atoms with van der Waals surface area (Å²) in [5.41, 5.74) is 4.32. The minimum absolute atomic E-state index is 0.199. The zero-order valence-corrected chi connectivity index (χ0v) is 11.5. The van der Waals surface area contributed by atoms with Crippen molar-refractivity contribution in [3.8, 4) is 0 Å². The van der Waals surface area contributed by atoms with Gasteiger partial charge in [-0.3, -0.25) is 4.68 Å². The number of aromatic nitrogens is 2. The lowest BCUT2D eigenvalue weighted by molar-refractivity contribution is 0.262. The third kappa shape index (κ3) is 2.09. The fraction of sp³-hybridized carbons (Fsp3) is 0.800. The topological polar surface area (TPSA) is 38.0 Å². The van der Waals surface area contributed by atoms with E-state index in [1.807, 2.05) is 0 Å². The first-order chi connectivity index (χ1) is 8.70. The fourth-order valence-corrected chi connectivity index (χ4v) is 3.27. The summed E-state index contributed by atoms with van der Waals surface area (Å²) in [5, 5.41) is 14.0. The van der Waals surface area contributed by atoms with Crippen LogP contribution in [0.3, 0.4) is 0 Å². The highest BCUT2D eigenvalue weighted by Crippen LogP contribution is 2.44. The summed E-state index contributed by atoms with van der Waals surface area (Å²) >= 11 is 0. The molecular weight excluding hydrogens is 224 g/mol. The van der Waals surface area contributed by atoms with Gasteiger partial charge in [0, 0.05) is 11.6 Å². The molecule has 2 aliphatic rings. The molecule has 1 heterocycles. The molecule has 100 valence electrons. The van der Waals surface area contributed by atoms with E-state index in [1.54, 1.807) is 0 Å². The maximum atomic E-state index is 9.20. The summed E-state index contributed by atoms with van der Waals surface area (Å²) in [4.78, 5) is 0. The number of fused-ring (bicyclic) bond motifs is 1. The maximum absolute atomic E-state index is 9.20. The first-order valence-corrected chi connectivity index (χ1v) is 7.40. The van der Waals surface area contributed by atoms with Gasteiger partial charge < -0.3 is 5.11 Å². The van der Waals surface area contributed by atoms with Gasteiger partial charge in [-0.2, -0.15) is 5.10 Å². The molecule has 3 rings (SSSR count). The van der Waals surface area contributed by atoms with Gasteiger partial charge in [-0.1, -0.05) is 13.8 Å². The molecule has 1 aromatic rings. The van der Waals surface area contributed by atoms with E-state index in [9.17, 15) is 5.11 Å². The molecule has 1 unspecified atom stereocenters. The Morgan fingerprint density at radius 2 is 2.11 bits per heavy atom. The van der Waals surface area contributed by atoms with Crippen molar-refractivity contribution in [3.63, 3.8) is 0 Å². The second kappa shape index (κ2) is 4.69. The zero-order valence-electron chi connectivity index (χ0n) is 11.5. The summed E-state index contributed by atoms with van der Waals surface area (Å²) < 4.78 is 2.09. The normalized spacial score (nSPS) is 23.4. The molecule has 0 aliphatic heterocycles. The van der Waals surface area contributed by atoms with Crippen molar-refractivity contribution in [2.45, 2.75) is 58.4 Å². The molecule has 3 nitrogen and oxygen atoms in total. The van der Waals surface area contributed by atoms with Gasteiger partial charge in [-0.25, -0.2) is 0 Å². The van der Waals surface area contributed by atoms with Crippen molar-refractivity contribution in [3.05, 3.63) is 17.0 Å². The molecule has 1 saturated carbocycles. The van der Waals surface area contributed by atoms with Crippen molar-refractivity contribution in [2.24, 2.45) is 11.8 Å². The number of rotatable bonds is 4. The van der Waals surface area contributed by atoms with Crippen LogP contribution < -0.4 is 0 Å². The van der Waals surface area contributed by atoms with Crippen molar-refractivity contribution in [1.82, 2.24) is 9.78 Å². The Hall–Kier alpha value is -0.830. The summed E-state index contributed by atoms with van der Waals surface area (Å²) in [6.45, 7) is 5.51. The Bertz CT molecular complexity index is 432. The molecule has 18 heavy (non-hydrogen) atoms. The van der Waals surface area contributed by atoms with E-state index in [1.165, 1.54) is 42.6 Å². The van der Waals surface area contributed by atoms with E-state index >= 15 is 0 Å². The van der Waals surface area contributed by atoms with Crippen LogP contribution in [0.15, 0.2) is 0 Å². The molecule has 3 heteroatoms. The monoisotopic (exact) mass is 248 g/mol. The number of hydrogen-bond donors (Lipinski definition) is 1. The first-order valence-electron chi connectivity index (χ1n) is 7.40. The molecule has 1 fully saturated rings. The van der Waals surface area contributed by atoms with Gasteiger partial charge in [0.15, 0.2) is 0 Å². The van der Waals surface area contributed by atoms with E-state index < -0.39 is 0 Å². The molecule has 0 amide bonds. The van der Waals surface area contributed by atoms with E-state index in [0.29, 0.717) is 6.54 Å². The lowest BCUT2D eigenvalue weighted by Gasteiger charge is -2.26. The highest BCUT2D eigenvalue weighted by Gasteiger charge is 2.34. The average molecular weight is 248 g/mol. The summed E-state index contributed by atoms with van der Waals surface area (Å²) in [6, 6.07) is 0. The van der Waals surface area contributed by atoms with E-state index in [-0.39, 0.29) is 6.61 Å². The first kappa shape index (κ1) is 12.2. The predicted molar refractivity (Wildman–Crippen MR) is 71.6 cm³/mol. The number of hydrogen-bond acceptors (Lipinski definition) is 2. The van der Waals surface area contributed by atoms with Crippen molar-refractivity contribution in [1.29, 1.82) is 0 Å². The highest BCUT2D eigenvalue weighted by atomic mass is 16.3. The van der Waals surface area contributed by atoms with Crippen LogP contribution in [0.1, 0.15) is 56.0 Å². The Labute approximate surface area is 109 Å². The van der Waals surface area contributed by atoms with Crippen molar-refractivity contribution < 1.29 is 5.11 Å². The van der Waals surface area contributed by atoms with E-state index in [4.69, 9.17) is 5.10 Å². The zero-order chi connectivity index (χ0) is 12.7. The Balaban J connectivity index is 1.92. The molecule has 0 saturated heterocycles. The average Bonchev–Trinajstić information content (AvgIpc) is 3.13. The summed E-state index contributed by atoms with van der Waals surface area (Å²) in [7, 11) is 0. The maximum Gasteiger partial charge on any atom is 0.0690 e. The number of nitrogens with zero attached hydrogens (tertiary/aromatic N) is 2. The Morgan fingerprint density at radius 1 is 1.33 bits per heavy atom. The van der Waals surface area contributed by atoms with Gasteiger partial charge in [-0.15, -0.1) is 0 Å². The SMILES string of the molecule is CC(C)C1CCc2c(C3CC3)nn(CCO)c2C1. The number of aliphatic hydroxyl groups is 1. The lowest BCUT2D eigenvalue weighted by atomic mass is 9.80.